The van der Waals surface area contributed by atoms with Crippen LogP contribution in [0.5, 0.6) is 0 Å². The summed E-state index contributed by atoms with van der Waals surface area (Å²) in [5.41, 5.74) is 6.55. The molecule has 0 radical (unpaired) electrons. The number of guanidine groups is 1. The van der Waals surface area contributed by atoms with E-state index in [1.165, 1.54) is 26.5 Å². The van der Waals surface area contributed by atoms with E-state index in [-0.39, 0.29) is 42.5 Å². The van der Waals surface area contributed by atoms with Crippen molar-refractivity contribution in [3.05, 3.63) is 59.7 Å². The van der Waals surface area contributed by atoms with Crippen molar-refractivity contribution in [2.75, 3.05) is 40.5 Å². The number of hydrogen-bond acceptors (Lipinski definition) is 12. The first-order chi connectivity index (χ1) is 21.9. The molecule has 3 aliphatic rings. The Balaban J connectivity index is 2.04. The summed E-state index contributed by atoms with van der Waals surface area (Å²) < 4.78 is 28.5. The summed E-state index contributed by atoms with van der Waals surface area (Å²) in [5, 5.41) is 53.3. The fraction of sp³-hybridized carbons (Fsp3) is 0.567. The quantitative estimate of drug-likeness (QED) is 0.0436. The number of hydrogen-bond donors (Lipinski definition) is 8. The standard InChI is InChI=1S/C30H44N4O12/c1-6-17-18(8-7-16-11-34(9-10-35)12-19(26(39)40)22(16)33-30(31)32-4)20(27(41)42-5)14-43-28(17)46-29-25(44-15(2)3)24(38)23(37)21(13-36)45-29/h6-8,11,14-15,17-18,21,23-25,28-29,35-38H,1,9-10,12-13H2,2-5H3,(H,39,40)(H3,31,32,33)/p+1. The van der Waals surface area contributed by atoms with Crippen LogP contribution in [0.4, 0.5) is 0 Å². The fourth-order valence-corrected chi connectivity index (χ4v) is 5.35. The van der Waals surface area contributed by atoms with Crippen molar-refractivity contribution in [3.8, 4) is 0 Å². The number of allylic oxidation sites excluding steroid dienone is 2. The number of carboxylic acids is 1. The molecule has 0 aromatic rings. The number of rotatable bonds is 13. The number of esters is 1. The van der Waals surface area contributed by atoms with Crippen molar-refractivity contribution in [2.24, 2.45) is 22.6 Å². The highest BCUT2D eigenvalue weighted by Gasteiger charge is 2.49. The normalized spacial score (nSPS) is 32.1. The molecule has 0 saturated carbocycles. The number of nitrogens with two attached hydrogens (primary N) is 1. The van der Waals surface area contributed by atoms with Crippen molar-refractivity contribution < 1.29 is 63.7 Å². The van der Waals surface area contributed by atoms with Crippen LogP contribution >= 0.6 is 0 Å². The van der Waals surface area contributed by atoms with Gasteiger partial charge in [0.15, 0.2) is 12.2 Å². The summed E-state index contributed by atoms with van der Waals surface area (Å²) in [6.07, 6.45) is -0.564. The summed E-state index contributed by atoms with van der Waals surface area (Å²) in [4.78, 5) is 29.6. The number of quaternary nitrogens is 1. The van der Waals surface area contributed by atoms with Gasteiger partial charge >= 0.3 is 11.9 Å². The molecule has 0 bridgehead atoms. The number of ether oxygens (including phenoxy) is 5. The third-order valence-electron chi connectivity index (χ3n) is 7.65. The van der Waals surface area contributed by atoms with Gasteiger partial charge in [-0.15, -0.1) is 6.58 Å². The topological polar surface area (TPSA) is 236 Å². The number of aliphatic carboxylic acids is 1. The SMILES string of the molecule is C=CC1C(OC2OC(CO)C(O)C(O)C2OC(C)C)OC=C(C(=O)OC)C1C=CC1=C[NH+](CCO)CC(C(=O)O)=C1NC(N)=NC. The van der Waals surface area contributed by atoms with E-state index in [2.05, 4.69) is 16.9 Å². The second kappa shape index (κ2) is 16.8. The van der Waals surface area contributed by atoms with Crippen LogP contribution in [0, 0.1) is 11.8 Å². The lowest BCUT2D eigenvalue weighted by atomic mass is 9.83. The molecule has 0 amide bonds. The monoisotopic (exact) mass is 653 g/mol. The maximum absolute atomic E-state index is 12.9. The molecule has 0 aromatic carbocycles. The smallest absolute Gasteiger partial charge is 0.339 e. The van der Waals surface area contributed by atoms with Crippen molar-refractivity contribution in [1.82, 2.24) is 5.32 Å². The first-order valence-corrected chi connectivity index (χ1v) is 14.7. The van der Waals surface area contributed by atoms with Crippen LogP contribution in [0.15, 0.2) is 64.7 Å². The second-order valence-electron chi connectivity index (χ2n) is 11.1. The Hall–Kier alpha value is -3.61. The van der Waals surface area contributed by atoms with E-state index in [0.29, 0.717) is 10.5 Å². The molecule has 46 heavy (non-hydrogen) atoms. The Labute approximate surface area is 266 Å². The number of aliphatic imine (C=N–C) groups is 1. The van der Waals surface area contributed by atoms with Gasteiger partial charge in [-0.1, -0.05) is 18.2 Å². The number of carbonyl (C=O) groups excluding carboxylic acids is 1. The van der Waals surface area contributed by atoms with Crippen LogP contribution < -0.4 is 16.0 Å². The zero-order chi connectivity index (χ0) is 34.1. The zero-order valence-corrected chi connectivity index (χ0v) is 26.2. The van der Waals surface area contributed by atoms with Crippen LogP contribution in [0.1, 0.15) is 13.8 Å². The number of nitrogens with zero attached hydrogens (tertiary/aromatic N) is 1. The van der Waals surface area contributed by atoms with Crippen LogP contribution in [-0.2, 0) is 33.3 Å². The molecule has 1 saturated heterocycles. The molecule has 1 fully saturated rings. The second-order valence-corrected chi connectivity index (χ2v) is 11.1. The van der Waals surface area contributed by atoms with Crippen LogP contribution in [0.2, 0.25) is 0 Å². The number of aliphatic hydroxyl groups excluding tert-OH is 4. The van der Waals surface area contributed by atoms with Gasteiger partial charge in [0.05, 0.1) is 55.5 Å². The predicted octanol–water partition coefficient (Wildman–Crippen LogP) is -2.73. The summed E-state index contributed by atoms with van der Waals surface area (Å²) >= 11 is 0. The number of carboxylic acid groups (broad SMARTS) is 1. The minimum atomic E-state index is -1.47. The lowest BCUT2D eigenvalue weighted by Gasteiger charge is -2.44. The molecule has 0 aliphatic carbocycles. The molecule has 3 rings (SSSR count). The highest BCUT2D eigenvalue weighted by molar-refractivity contribution is 5.92. The highest BCUT2D eigenvalue weighted by Crippen LogP contribution is 2.37. The molecule has 9 atom stereocenters. The van der Waals surface area contributed by atoms with Gasteiger partial charge in [-0.3, -0.25) is 4.99 Å². The zero-order valence-electron chi connectivity index (χ0n) is 26.2. The van der Waals surface area contributed by atoms with E-state index >= 15 is 0 Å². The van der Waals surface area contributed by atoms with E-state index in [1.54, 1.807) is 32.2 Å². The Morgan fingerprint density at radius 1 is 1.26 bits per heavy atom. The summed E-state index contributed by atoms with van der Waals surface area (Å²) in [5.74, 6) is -3.53. The maximum atomic E-state index is 12.9. The van der Waals surface area contributed by atoms with Crippen molar-refractivity contribution in [3.63, 3.8) is 0 Å². The van der Waals surface area contributed by atoms with Crippen molar-refractivity contribution in [1.29, 1.82) is 0 Å². The fourth-order valence-electron chi connectivity index (χ4n) is 5.35. The van der Waals surface area contributed by atoms with E-state index in [1.807, 2.05) is 0 Å². The molecule has 16 heteroatoms. The lowest BCUT2D eigenvalue weighted by molar-refractivity contribution is -0.843. The Kier molecular flexibility index (Phi) is 13.5. The van der Waals surface area contributed by atoms with Gasteiger partial charge in [0, 0.05) is 13.0 Å². The van der Waals surface area contributed by atoms with E-state index in [0.717, 1.165) is 0 Å². The molecule has 9 N–H and O–H groups in total. The molecule has 0 aromatic heterocycles. The molecule has 256 valence electrons. The summed E-state index contributed by atoms with van der Waals surface area (Å²) in [6, 6.07) is 0. The molecule has 16 nitrogen and oxygen atoms in total. The maximum Gasteiger partial charge on any atom is 0.339 e. The largest absolute Gasteiger partial charge is 0.478 e. The van der Waals surface area contributed by atoms with Gasteiger partial charge < -0.3 is 65.2 Å². The van der Waals surface area contributed by atoms with Gasteiger partial charge in [-0.05, 0) is 13.8 Å². The minimum absolute atomic E-state index is 0.000726. The summed E-state index contributed by atoms with van der Waals surface area (Å²) in [6.45, 7) is 6.82. The van der Waals surface area contributed by atoms with Crippen LogP contribution in [0.25, 0.3) is 0 Å². The third kappa shape index (κ3) is 8.59. The van der Waals surface area contributed by atoms with Crippen molar-refractivity contribution in [2.45, 2.75) is 56.9 Å². The molecule has 3 heterocycles. The average Bonchev–Trinajstić information content (AvgIpc) is 3.03. The van der Waals surface area contributed by atoms with Gasteiger partial charge in [0.1, 0.15) is 49.3 Å². The number of nitrogens with one attached hydrogen (secondary N) is 2. The number of carbonyl (C=O) groups is 2. The van der Waals surface area contributed by atoms with E-state index in [9.17, 15) is 35.1 Å². The Bertz CT molecular complexity index is 1260. The number of methoxy groups -OCH3 is 1. The summed E-state index contributed by atoms with van der Waals surface area (Å²) in [7, 11) is 2.64. The van der Waals surface area contributed by atoms with Crippen molar-refractivity contribution >= 4 is 17.9 Å². The first-order valence-electron chi connectivity index (χ1n) is 14.7. The molecule has 9 unspecified atom stereocenters. The van der Waals surface area contributed by atoms with E-state index in [4.69, 9.17) is 29.4 Å². The van der Waals surface area contributed by atoms with Gasteiger partial charge in [-0.25, -0.2) is 9.59 Å². The predicted molar refractivity (Wildman–Crippen MR) is 161 cm³/mol. The highest BCUT2D eigenvalue weighted by atomic mass is 16.8. The molecule has 0 spiro atoms. The van der Waals surface area contributed by atoms with Crippen LogP contribution in [0.3, 0.4) is 0 Å². The molecule has 3 aliphatic heterocycles. The molecular formula is C30H45N4O12+. The first kappa shape index (κ1) is 36.9. The lowest BCUT2D eigenvalue weighted by Crippen LogP contribution is -3.09. The molecular weight excluding hydrogens is 608 g/mol. The minimum Gasteiger partial charge on any atom is -0.478 e. The van der Waals surface area contributed by atoms with Gasteiger partial charge in [-0.2, -0.15) is 0 Å². The third-order valence-corrected chi connectivity index (χ3v) is 7.65. The van der Waals surface area contributed by atoms with Gasteiger partial charge in [0.25, 0.3) is 0 Å². The van der Waals surface area contributed by atoms with Gasteiger partial charge in [0.2, 0.25) is 6.29 Å². The average molecular weight is 654 g/mol. The van der Waals surface area contributed by atoms with E-state index < -0.39 is 73.5 Å². The Morgan fingerprint density at radius 3 is 2.54 bits per heavy atom. The number of aliphatic hydroxyl groups is 4. The van der Waals surface area contributed by atoms with Crippen LogP contribution in [-0.4, -0.2) is 127 Å². The Morgan fingerprint density at radius 2 is 1.98 bits per heavy atom.